The van der Waals surface area contributed by atoms with Gasteiger partial charge in [0.2, 0.25) is 0 Å². The smallest absolute Gasteiger partial charge is 0.109 e. The monoisotopic (exact) mass is 292 g/mol. The number of fused-ring (bicyclic) bond motifs is 1. The first-order valence-corrected chi connectivity index (χ1v) is 7.79. The number of nitrogens with zero attached hydrogens (tertiary/aromatic N) is 1. The second kappa shape index (κ2) is 5.23. The average molecular weight is 293 g/mol. The molecule has 2 aromatic rings. The minimum Gasteiger partial charge on any atom is -0.301 e. The van der Waals surface area contributed by atoms with E-state index in [9.17, 15) is 0 Å². The molecule has 0 amide bonds. The molecule has 100 valence electrons. The van der Waals surface area contributed by atoms with E-state index >= 15 is 0 Å². The first kappa shape index (κ1) is 13.1. The predicted molar refractivity (Wildman–Crippen MR) is 80.9 cm³/mol. The fraction of sp³-hybridized carbons (Fsp3) is 0.400. The number of halogens is 1. The van der Waals surface area contributed by atoms with E-state index in [0.29, 0.717) is 12.1 Å². The second-order valence-electron chi connectivity index (χ2n) is 5.13. The van der Waals surface area contributed by atoms with Crippen LogP contribution in [0.15, 0.2) is 24.4 Å². The van der Waals surface area contributed by atoms with Gasteiger partial charge in [-0.2, -0.15) is 0 Å². The summed E-state index contributed by atoms with van der Waals surface area (Å²) in [6, 6.07) is 6.95. The average Bonchev–Trinajstić information content (AvgIpc) is 2.96. The largest absolute Gasteiger partial charge is 0.301 e. The van der Waals surface area contributed by atoms with Crippen molar-refractivity contribution in [1.82, 2.24) is 10.3 Å². The lowest BCUT2D eigenvalue weighted by molar-refractivity contribution is 0.464. The van der Waals surface area contributed by atoms with Gasteiger partial charge in [0.05, 0.1) is 6.04 Å². The van der Waals surface area contributed by atoms with Crippen LogP contribution < -0.4 is 5.32 Å². The van der Waals surface area contributed by atoms with Gasteiger partial charge in [-0.3, -0.25) is 0 Å². The molecule has 2 nitrogen and oxygen atoms in total. The third-order valence-corrected chi connectivity index (χ3v) is 4.97. The van der Waals surface area contributed by atoms with Crippen molar-refractivity contribution >= 4 is 22.9 Å². The van der Waals surface area contributed by atoms with Gasteiger partial charge in [-0.1, -0.05) is 17.7 Å². The third-order valence-electron chi connectivity index (χ3n) is 3.64. The molecule has 0 unspecified atom stereocenters. The quantitative estimate of drug-likeness (QED) is 0.904. The molecular weight excluding hydrogens is 276 g/mol. The van der Waals surface area contributed by atoms with Gasteiger partial charge in [-0.25, -0.2) is 4.98 Å². The molecule has 0 fully saturated rings. The van der Waals surface area contributed by atoms with Gasteiger partial charge in [0.15, 0.2) is 0 Å². The Kier molecular flexibility index (Phi) is 3.61. The first-order chi connectivity index (χ1) is 9.13. The summed E-state index contributed by atoms with van der Waals surface area (Å²) in [5, 5.41) is 5.69. The Hall–Kier alpha value is -0.900. The molecule has 4 heteroatoms. The molecular formula is C15H17ClN2S. The SMILES string of the molecule is Cc1cnc([C@H](C)N[C@@H]2CCc3cc(Cl)ccc32)s1. The lowest BCUT2D eigenvalue weighted by Gasteiger charge is -2.18. The zero-order valence-electron chi connectivity index (χ0n) is 11.1. The maximum atomic E-state index is 6.05. The topological polar surface area (TPSA) is 24.9 Å². The highest BCUT2D eigenvalue weighted by atomic mass is 35.5. The molecule has 0 spiro atoms. The molecule has 19 heavy (non-hydrogen) atoms. The molecule has 1 aromatic heterocycles. The van der Waals surface area contributed by atoms with Crippen LogP contribution in [-0.2, 0) is 6.42 Å². The molecule has 0 aliphatic heterocycles. The van der Waals surface area contributed by atoms with Crippen molar-refractivity contribution in [2.75, 3.05) is 0 Å². The van der Waals surface area contributed by atoms with E-state index in [1.807, 2.05) is 12.3 Å². The Morgan fingerprint density at radius 2 is 2.32 bits per heavy atom. The molecule has 0 saturated heterocycles. The van der Waals surface area contributed by atoms with Crippen LogP contribution in [0.4, 0.5) is 0 Å². The predicted octanol–water partition coefficient (Wildman–Crippen LogP) is 4.44. The van der Waals surface area contributed by atoms with Gasteiger partial charge in [-0.15, -0.1) is 11.3 Å². The van der Waals surface area contributed by atoms with Crippen molar-refractivity contribution in [3.63, 3.8) is 0 Å². The zero-order valence-corrected chi connectivity index (χ0v) is 12.7. The van der Waals surface area contributed by atoms with Crippen LogP contribution in [0.1, 0.15) is 46.4 Å². The van der Waals surface area contributed by atoms with Crippen molar-refractivity contribution in [1.29, 1.82) is 0 Å². The lowest BCUT2D eigenvalue weighted by Crippen LogP contribution is -2.22. The van der Waals surface area contributed by atoms with E-state index in [1.54, 1.807) is 11.3 Å². The number of hydrogen-bond donors (Lipinski definition) is 1. The minimum absolute atomic E-state index is 0.297. The maximum Gasteiger partial charge on any atom is 0.109 e. The van der Waals surface area contributed by atoms with Crippen LogP contribution in [0, 0.1) is 6.92 Å². The molecule has 1 aromatic carbocycles. The number of rotatable bonds is 3. The summed E-state index contributed by atoms with van der Waals surface area (Å²) >= 11 is 7.81. The summed E-state index contributed by atoms with van der Waals surface area (Å²) < 4.78 is 0. The van der Waals surface area contributed by atoms with Gasteiger partial charge in [-0.05, 0) is 49.9 Å². The highest BCUT2D eigenvalue weighted by molar-refractivity contribution is 7.11. The molecule has 1 aliphatic rings. The Morgan fingerprint density at radius 1 is 1.47 bits per heavy atom. The van der Waals surface area contributed by atoms with Crippen molar-refractivity contribution in [3.05, 3.63) is 50.4 Å². The number of aryl methyl sites for hydroxylation is 2. The van der Waals surface area contributed by atoms with Crippen LogP contribution in [0.2, 0.25) is 5.02 Å². The fourth-order valence-corrected chi connectivity index (χ4v) is 3.68. The second-order valence-corrected chi connectivity index (χ2v) is 6.83. The Bertz CT molecular complexity index is 594. The molecule has 2 atom stereocenters. The minimum atomic E-state index is 0.297. The number of aromatic nitrogens is 1. The van der Waals surface area contributed by atoms with Crippen LogP contribution in [0.3, 0.4) is 0 Å². The van der Waals surface area contributed by atoms with Gasteiger partial charge in [0.1, 0.15) is 5.01 Å². The molecule has 1 heterocycles. The Balaban J connectivity index is 1.76. The van der Waals surface area contributed by atoms with E-state index < -0.39 is 0 Å². The highest BCUT2D eigenvalue weighted by Crippen LogP contribution is 2.34. The van der Waals surface area contributed by atoms with Crippen molar-refractivity contribution in [2.24, 2.45) is 0 Å². The van der Waals surface area contributed by atoms with Gasteiger partial charge in [0.25, 0.3) is 0 Å². The van der Waals surface area contributed by atoms with Gasteiger partial charge >= 0.3 is 0 Å². The fourth-order valence-electron chi connectivity index (χ4n) is 2.70. The molecule has 0 radical (unpaired) electrons. The van der Waals surface area contributed by atoms with Crippen LogP contribution in [0.5, 0.6) is 0 Å². The lowest BCUT2D eigenvalue weighted by atomic mass is 10.1. The molecule has 3 rings (SSSR count). The van der Waals surface area contributed by atoms with Crippen LogP contribution in [-0.4, -0.2) is 4.98 Å². The van der Waals surface area contributed by atoms with Crippen molar-refractivity contribution in [3.8, 4) is 0 Å². The summed E-state index contributed by atoms with van der Waals surface area (Å²) in [5.74, 6) is 0. The third kappa shape index (κ3) is 2.69. The van der Waals surface area contributed by atoms with E-state index in [1.165, 1.54) is 21.0 Å². The van der Waals surface area contributed by atoms with Crippen molar-refractivity contribution < 1.29 is 0 Å². The van der Waals surface area contributed by atoms with E-state index in [-0.39, 0.29) is 0 Å². The Morgan fingerprint density at radius 3 is 3.05 bits per heavy atom. The normalized spacial score (nSPS) is 19.4. The van der Waals surface area contributed by atoms with Gasteiger partial charge in [0, 0.05) is 22.1 Å². The summed E-state index contributed by atoms with van der Waals surface area (Å²) in [7, 11) is 0. The zero-order chi connectivity index (χ0) is 13.4. The summed E-state index contributed by atoms with van der Waals surface area (Å²) in [6.45, 7) is 4.28. The summed E-state index contributed by atoms with van der Waals surface area (Å²) in [5.41, 5.74) is 2.78. The number of benzene rings is 1. The van der Waals surface area contributed by atoms with E-state index in [2.05, 4.69) is 36.3 Å². The molecule has 0 saturated carbocycles. The van der Waals surface area contributed by atoms with Crippen molar-refractivity contribution in [2.45, 2.75) is 38.8 Å². The van der Waals surface area contributed by atoms with E-state index in [4.69, 9.17) is 11.6 Å². The number of nitrogens with one attached hydrogen (secondary N) is 1. The number of hydrogen-bond acceptors (Lipinski definition) is 3. The molecule has 0 bridgehead atoms. The summed E-state index contributed by atoms with van der Waals surface area (Å²) in [6.07, 6.45) is 4.20. The maximum absolute atomic E-state index is 6.05. The van der Waals surface area contributed by atoms with E-state index in [0.717, 1.165) is 17.9 Å². The Labute approximate surface area is 122 Å². The highest BCUT2D eigenvalue weighted by Gasteiger charge is 2.24. The summed E-state index contributed by atoms with van der Waals surface area (Å²) in [4.78, 5) is 5.73. The van der Waals surface area contributed by atoms with Gasteiger partial charge < -0.3 is 5.32 Å². The standard InChI is InChI=1S/C15H17ClN2S/c1-9-8-17-15(19-9)10(2)18-14-6-3-11-7-12(16)4-5-13(11)14/h4-5,7-8,10,14,18H,3,6H2,1-2H3/t10-,14+/m0/s1. The molecule has 1 N–H and O–H groups in total. The van der Waals surface area contributed by atoms with Crippen LogP contribution >= 0.6 is 22.9 Å². The molecule has 1 aliphatic carbocycles. The number of thiazole rings is 1. The van der Waals surface area contributed by atoms with Crippen LogP contribution in [0.25, 0.3) is 0 Å². The first-order valence-electron chi connectivity index (χ1n) is 6.60.